The van der Waals surface area contributed by atoms with E-state index in [1.54, 1.807) is 22.6 Å². The lowest BCUT2D eigenvalue weighted by molar-refractivity contribution is 0.110. The van der Waals surface area contributed by atoms with Crippen molar-refractivity contribution in [1.82, 2.24) is 4.98 Å². The Hall–Kier alpha value is -0.300. The Morgan fingerprint density at radius 2 is 2.23 bits per heavy atom. The summed E-state index contributed by atoms with van der Waals surface area (Å²) in [5, 5.41) is 0.201. The lowest BCUT2D eigenvalue weighted by Crippen LogP contribution is -2.00. The molecule has 0 spiro atoms. The third kappa shape index (κ3) is 2.14. The topological polar surface area (TPSA) is 30.0 Å². The van der Waals surface area contributed by atoms with Gasteiger partial charge in [-0.25, -0.2) is 8.78 Å². The van der Waals surface area contributed by atoms with Crippen molar-refractivity contribution in [3.8, 4) is 0 Å². The van der Waals surface area contributed by atoms with E-state index in [0.717, 1.165) is 6.20 Å². The Labute approximate surface area is 91.4 Å². The Balaban J connectivity index is 3.38. The molecule has 70 valence electrons. The van der Waals surface area contributed by atoms with E-state index in [2.05, 4.69) is 4.98 Å². The number of hydrogen-bond acceptors (Lipinski definition) is 2. The monoisotopic (exact) mass is 317 g/mol. The van der Waals surface area contributed by atoms with Gasteiger partial charge in [-0.1, -0.05) is 11.6 Å². The maximum absolute atomic E-state index is 12.3. The lowest BCUT2D eigenvalue weighted by Gasteiger charge is -2.05. The number of pyridine rings is 1. The van der Waals surface area contributed by atoms with Crippen LogP contribution in [-0.4, -0.2) is 11.3 Å². The van der Waals surface area contributed by atoms with Gasteiger partial charge in [0.15, 0.2) is 6.29 Å². The summed E-state index contributed by atoms with van der Waals surface area (Å²) in [6.45, 7) is 0. The average molecular weight is 317 g/mol. The fourth-order valence-electron chi connectivity index (χ4n) is 0.780. The van der Waals surface area contributed by atoms with Crippen LogP contribution in [0.3, 0.4) is 0 Å². The minimum atomic E-state index is -2.76. The molecule has 1 heterocycles. The van der Waals surface area contributed by atoms with Crippen molar-refractivity contribution in [1.29, 1.82) is 0 Å². The number of rotatable bonds is 2. The second-order valence-corrected chi connectivity index (χ2v) is 3.62. The van der Waals surface area contributed by atoms with Crippen LogP contribution < -0.4 is 0 Å². The number of aldehydes is 1. The first kappa shape index (κ1) is 10.8. The first-order valence-corrected chi connectivity index (χ1v) is 4.60. The first-order chi connectivity index (χ1) is 6.07. The van der Waals surface area contributed by atoms with Crippen LogP contribution in [0.1, 0.15) is 22.5 Å². The van der Waals surface area contributed by atoms with Crippen molar-refractivity contribution < 1.29 is 13.6 Å². The zero-order valence-corrected chi connectivity index (χ0v) is 9.01. The van der Waals surface area contributed by atoms with Gasteiger partial charge >= 0.3 is 0 Å². The molecule has 0 radical (unpaired) electrons. The number of aromatic nitrogens is 1. The largest absolute Gasteiger partial charge is 0.298 e. The molecule has 0 saturated carbocycles. The lowest BCUT2D eigenvalue weighted by atomic mass is 10.2. The molecule has 0 atom stereocenters. The summed E-state index contributed by atoms with van der Waals surface area (Å²) in [6, 6.07) is 0. The molecule has 13 heavy (non-hydrogen) atoms. The van der Waals surface area contributed by atoms with E-state index in [1.807, 2.05) is 0 Å². The standard InChI is InChI=1S/C7H3ClF2INO/c8-4-1-12-6(7(9)10)3(2-13)5(4)11/h1-2,7H. The summed E-state index contributed by atoms with van der Waals surface area (Å²) in [5.74, 6) is 0. The van der Waals surface area contributed by atoms with Gasteiger partial charge in [-0.2, -0.15) is 0 Å². The fraction of sp³-hybridized carbons (Fsp3) is 0.143. The van der Waals surface area contributed by atoms with E-state index in [1.165, 1.54) is 0 Å². The van der Waals surface area contributed by atoms with Gasteiger partial charge in [-0.05, 0) is 22.6 Å². The van der Waals surface area contributed by atoms with Crippen molar-refractivity contribution in [2.75, 3.05) is 0 Å². The summed E-state index contributed by atoms with van der Waals surface area (Å²) < 4.78 is 24.8. The Morgan fingerprint density at radius 1 is 1.62 bits per heavy atom. The van der Waals surface area contributed by atoms with Crippen LogP contribution in [0.25, 0.3) is 0 Å². The first-order valence-electron chi connectivity index (χ1n) is 3.15. The zero-order chi connectivity index (χ0) is 10.0. The van der Waals surface area contributed by atoms with Crippen molar-refractivity contribution >= 4 is 40.5 Å². The molecule has 0 N–H and O–H groups in total. The highest BCUT2D eigenvalue weighted by Crippen LogP contribution is 2.27. The predicted octanol–water partition coefficient (Wildman–Crippen LogP) is 3.09. The quantitative estimate of drug-likeness (QED) is 0.620. The molecule has 1 aromatic rings. The molecule has 0 aliphatic heterocycles. The van der Waals surface area contributed by atoms with Crippen LogP contribution in [0.4, 0.5) is 8.78 Å². The molecule has 0 saturated heterocycles. The maximum atomic E-state index is 12.3. The van der Waals surface area contributed by atoms with Crippen molar-refractivity contribution in [2.24, 2.45) is 0 Å². The van der Waals surface area contributed by atoms with E-state index >= 15 is 0 Å². The molecule has 0 unspecified atom stereocenters. The van der Waals surface area contributed by atoms with Gasteiger partial charge in [-0.15, -0.1) is 0 Å². The summed E-state index contributed by atoms with van der Waals surface area (Å²) >= 11 is 7.32. The van der Waals surface area contributed by atoms with Crippen molar-refractivity contribution in [3.05, 3.63) is 26.0 Å². The van der Waals surface area contributed by atoms with Crippen LogP contribution in [0.15, 0.2) is 6.20 Å². The van der Waals surface area contributed by atoms with E-state index in [4.69, 9.17) is 11.6 Å². The Morgan fingerprint density at radius 3 is 2.69 bits per heavy atom. The molecule has 0 bridgehead atoms. The second kappa shape index (κ2) is 4.28. The van der Waals surface area contributed by atoms with Crippen molar-refractivity contribution in [2.45, 2.75) is 6.43 Å². The summed E-state index contributed by atoms with van der Waals surface area (Å²) in [6.07, 6.45) is -1.31. The van der Waals surface area contributed by atoms with E-state index in [9.17, 15) is 13.6 Å². The molecular formula is C7H3ClF2INO. The summed E-state index contributed by atoms with van der Waals surface area (Å²) in [4.78, 5) is 13.9. The highest BCUT2D eigenvalue weighted by Gasteiger charge is 2.18. The third-order valence-corrected chi connectivity index (χ3v) is 3.13. The average Bonchev–Trinajstić information content (AvgIpc) is 2.09. The van der Waals surface area contributed by atoms with E-state index in [0.29, 0.717) is 9.86 Å². The molecule has 2 nitrogen and oxygen atoms in total. The van der Waals surface area contributed by atoms with Crippen LogP contribution >= 0.6 is 34.2 Å². The normalized spacial score (nSPS) is 10.5. The number of alkyl halides is 2. The molecule has 0 aliphatic carbocycles. The SMILES string of the molecule is O=Cc1c(C(F)F)ncc(Cl)c1I. The number of nitrogens with zero attached hydrogens (tertiary/aromatic N) is 1. The van der Waals surface area contributed by atoms with Crippen molar-refractivity contribution in [3.63, 3.8) is 0 Å². The van der Waals surface area contributed by atoms with Gasteiger partial charge in [0, 0.05) is 9.77 Å². The minimum Gasteiger partial charge on any atom is -0.298 e. The second-order valence-electron chi connectivity index (χ2n) is 2.14. The van der Waals surface area contributed by atoms with Gasteiger partial charge in [0.05, 0.1) is 10.6 Å². The fourth-order valence-corrected chi connectivity index (χ4v) is 1.47. The van der Waals surface area contributed by atoms with Crippen LogP contribution in [0.5, 0.6) is 0 Å². The molecule has 0 aliphatic rings. The number of carbonyl (C=O) groups excluding carboxylic acids is 1. The molecule has 1 aromatic heterocycles. The number of hydrogen-bond donors (Lipinski definition) is 0. The number of halogens is 4. The van der Waals surface area contributed by atoms with Gasteiger partial charge < -0.3 is 0 Å². The van der Waals surface area contributed by atoms with Crippen LogP contribution in [-0.2, 0) is 0 Å². The van der Waals surface area contributed by atoms with E-state index in [-0.39, 0.29) is 10.6 Å². The van der Waals surface area contributed by atoms with Crippen LogP contribution in [0.2, 0.25) is 5.02 Å². The predicted molar refractivity (Wildman–Crippen MR) is 52.3 cm³/mol. The van der Waals surface area contributed by atoms with Gasteiger partial charge in [0.2, 0.25) is 0 Å². The molecule has 0 aromatic carbocycles. The highest BCUT2D eigenvalue weighted by molar-refractivity contribution is 14.1. The minimum absolute atomic E-state index is 0.136. The smallest absolute Gasteiger partial charge is 0.281 e. The van der Waals surface area contributed by atoms with Crippen LogP contribution in [0, 0.1) is 3.57 Å². The molecule has 6 heteroatoms. The molecule has 0 fully saturated rings. The van der Waals surface area contributed by atoms with Gasteiger partial charge in [0.25, 0.3) is 6.43 Å². The summed E-state index contributed by atoms with van der Waals surface area (Å²) in [5.41, 5.74) is -0.660. The third-order valence-electron chi connectivity index (χ3n) is 1.36. The Bertz CT molecular complexity index is 346. The van der Waals surface area contributed by atoms with E-state index < -0.39 is 12.1 Å². The van der Waals surface area contributed by atoms with Gasteiger partial charge in [-0.3, -0.25) is 9.78 Å². The molecule has 1 rings (SSSR count). The van der Waals surface area contributed by atoms with Gasteiger partial charge in [0.1, 0.15) is 5.69 Å². The Kier molecular flexibility index (Phi) is 3.55. The highest BCUT2D eigenvalue weighted by atomic mass is 127. The summed E-state index contributed by atoms with van der Waals surface area (Å²) in [7, 11) is 0. The zero-order valence-electron chi connectivity index (χ0n) is 6.10. The molecular weight excluding hydrogens is 314 g/mol. The maximum Gasteiger partial charge on any atom is 0.281 e. The number of carbonyl (C=O) groups is 1. The molecule has 0 amide bonds.